The Morgan fingerprint density at radius 3 is 2.96 bits per heavy atom. The zero-order valence-electron chi connectivity index (χ0n) is 14.2. The van der Waals surface area contributed by atoms with Crippen molar-refractivity contribution in [3.8, 4) is 0 Å². The van der Waals surface area contributed by atoms with Gasteiger partial charge in [-0.1, -0.05) is 5.21 Å². The molecule has 1 amide bonds. The second-order valence-corrected chi connectivity index (χ2v) is 6.13. The van der Waals surface area contributed by atoms with E-state index in [2.05, 4.69) is 25.8 Å². The molecule has 1 aromatic carbocycles. The molecule has 0 saturated carbocycles. The predicted molar refractivity (Wildman–Crippen MR) is 93.1 cm³/mol. The summed E-state index contributed by atoms with van der Waals surface area (Å²) >= 11 is 0. The zero-order valence-corrected chi connectivity index (χ0v) is 14.2. The van der Waals surface area contributed by atoms with Gasteiger partial charge in [-0.3, -0.25) is 4.79 Å². The highest BCUT2D eigenvalue weighted by atomic mass is 16.2. The van der Waals surface area contributed by atoms with Crippen molar-refractivity contribution in [1.29, 1.82) is 0 Å². The van der Waals surface area contributed by atoms with E-state index in [1.807, 2.05) is 37.1 Å². The molecule has 0 aliphatic carbocycles. The third kappa shape index (κ3) is 2.79. The number of fused-ring (bicyclic) bond motifs is 2. The van der Waals surface area contributed by atoms with Gasteiger partial charge in [0.2, 0.25) is 0 Å². The van der Waals surface area contributed by atoms with Crippen LogP contribution in [0.15, 0.2) is 24.3 Å². The Balaban J connectivity index is 1.59. The van der Waals surface area contributed by atoms with Gasteiger partial charge in [-0.25, -0.2) is 4.68 Å². The number of benzene rings is 1. The number of carbonyl (C=O) groups excluding carboxylic acids is 1. The maximum atomic E-state index is 12.9. The number of nitrogens with one attached hydrogen (secondary N) is 1. The maximum absolute atomic E-state index is 12.9. The molecule has 8 nitrogen and oxygen atoms in total. The number of hydrogen-bond acceptors (Lipinski definition) is 6. The van der Waals surface area contributed by atoms with Crippen LogP contribution < -0.4 is 5.32 Å². The molecule has 3 heterocycles. The summed E-state index contributed by atoms with van der Waals surface area (Å²) in [4.78, 5) is 14.7. The van der Waals surface area contributed by atoms with Crippen LogP contribution in [0.3, 0.4) is 0 Å². The quantitative estimate of drug-likeness (QED) is 0.777. The first kappa shape index (κ1) is 15.5. The highest BCUT2D eigenvalue weighted by Crippen LogP contribution is 2.21. The lowest BCUT2D eigenvalue weighted by molar-refractivity contribution is 0.0733. The number of carbonyl (C=O) groups is 1. The topological polar surface area (TPSA) is 88.8 Å². The second kappa shape index (κ2) is 6.12. The highest BCUT2D eigenvalue weighted by molar-refractivity contribution is 5.97. The predicted octanol–water partition coefficient (Wildman–Crippen LogP) is 1.39. The number of aryl methyl sites for hydroxylation is 1. The number of nitrogens with zero attached hydrogens (tertiary/aromatic N) is 6. The standard InChI is InChI=1S/C17H19N7O/c1-3-18-16-9-12-10-24(7-6-13(12)19-21-16)17(25)11-4-5-15-14(8-11)20-22-23(15)2/h4-5,8-9H,3,6-7,10H2,1-2H3,(H,18,21). The molecule has 0 atom stereocenters. The lowest BCUT2D eigenvalue weighted by atomic mass is 10.0. The summed E-state index contributed by atoms with van der Waals surface area (Å²) < 4.78 is 1.70. The molecular formula is C17H19N7O. The molecule has 0 bridgehead atoms. The molecule has 25 heavy (non-hydrogen) atoms. The summed E-state index contributed by atoms with van der Waals surface area (Å²) in [6.45, 7) is 3.98. The third-order valence-electron chi connectivity index (χ3n) is 4.44. The summed E-state index contributed by atoms with van der Waals surface area (Å²) in [7, 11) is 1.83. The SMILES string of the molecule is CCNc1cc2c(nn1)CCN(C(=O)c1ccc3c(c1)nnn3C)C2. The summed E-state index contributed by atoms with van der Waals surface area (Å²) in [5, 5.41) is 19.7. The molecule has 3 aromatic rings. The van der Waals surface area contributed by atoms with Crippen LogP contribution in [0, 0.1) is 0 Å². The average molecular weight is 337 g/mol. The fourth-order valence-corrected chi connectivity index (χ4v) is 3.13. The van der Waals surface area contributed by atoms with Gasteiger partial charge in [0.15, 0.2) is 0 Å². The Labute approximate surface area is 144 Å². The van der Waals surface area contributed by atoms with Crippen LogP contribution in [0.25, 0.3) is 11.0 Å². The van der Waals surface area contributed by atoms with Crippen LogP contribution in [0.2, 0.25) is 0 Å². The molecule has 128 valence electrons. The summed E-state index contributed by atoms with van der Waals surface area (Å²) in [6, 6.07) is 7.50. The second-order valence-electron chi connectivity index (χ2n) is 6.13. The van der Waals surface area contributed by atoms with E-state index in [1.54, 1.807) is 10.7 Å². The summed E-state index contributed by atoms with van der Waals surface area (Å²) in [5.74, 6) is 0.747. The van der Waals surface area contributed by atoms with Gasteiger partial charge in [0.25, 0.3) is 5.91 Å². The molecule has 0 fully saturated rings. The van der Waals surface area contributed by atoms with E-state index in [0.717, 1.165) is 34.7 Å². The van der Waals surface area contributed by atoms with E-state index in [4.69, 9.17) is 0 Å². The fourth-order valence-electron chi connectivity index (χ4n) is 3.13. The molecular weight excluding hydrogens is 318 g/mol. The Kier molecular flexibility index (Phi) is 3.79. The van der Waals surface area contributed by atoms with Crippen LogP contribution in [-0.2, 0) is 20.0 Å². The van der Waals surface area contributed by atoms with Gasteiger partial charge in [-0.05, 0) is 36.8 Å². The summed E-state index contributed by atoms with van der Waals surface area (Å²) in [6.07, 6.45) is 0.716. The van der Waals surface area contributed by atoms with Crippen molar-refractivity contribution in [2.45, 2.75) is 19.9 Å². The Bertz CT molecular complexity index is 949. The molecule has 4 rings (SSSR count). The maximum Gasteiger partial charge on any atom is 0.254 e. The van der Waals surface area contributed by atoms with Crippen LogP contribution in [0.5, 0.6) is 0 Å². The van der Waals surface area contributed by atoms with Crippen molar-refractivity contribution in [1.82, 2.24) is 30.1 Å². The van der Waals surface area contributed by atoms with Gasteiger partial charge < -0.3 is 10.2 Å². The van der Waals surface area contributed by atoms with Crippen LogP contribution in [0.1, 0.15) is 28.5 Å². The zero-order chi connectivity index (χ0) is 17.4. The molecule has 0 unspecified atom stereocenters. The molecule has 0 radical (unpaired) electrons. The first-order chi connectivity index (χ1) is 12.2. The van der Waals surface area contributed by atoms with Crippen molar-refractivity contribution < 1.29 is 4.79 Å². The van der Waals surface area contributed by atoms with Crippen LogP contribution >= 0.6 is 0 Å². The molecule has 1 aliphatic rings. The van der Waals surface area contributed by atoms with Crippen LogP contribution in [0.4, 0.5) is 5.82 Å². The molecule has 0 spiro atoms. The van der Waals surface area contributed by atoms with Gasteiger partial charge in [0, 0.05) is 38.7 Å². The van der Waals surface area contributed by atoms with Crippen molar-refractivity contribution in [2.24, 2.45) is 7.05 Å². The van der Waals surface area contributed by atoms with E-state index in [0.29, 0.717) is 25.1 Å². The number of aromatic nitrogens is 5. The van der Waals surface area contributed by atoms with Gasteiger partial charge in [-0.2, -0.15) is 5.10 Å². The normalized spacial score (nSPS) is 13.8. The van der Waals surface area contributed by atoms with Gasteiger partial charge in [-0.15, -0.1) is 10.2 Å². The van der Waals surface area contributed by atoms with E-state index >= 15 is 0 Å². The molecule has 1 aliphatic heterocycles. The first-order valence-electron chi connectivity index (χ1n) is 8.33. The number of hydrogen-bond donors (Lipinski definition) is 1. The van der Waals surface area contributed by atoms with Gasteiger partial charge in [0.1, 0.15) is 11.3 Å². The van der Waals surface area contributed by atoms with E-state index in [1.165, 1.54) is 0 Å². The third-order valence-corrected chi connectivity index (χ3v) is 4.44. The Morgan fingerprint density at radius 2 is 2.12 bits per heavy atom. The number of anilines is 1. The van der Waals surface area contributed by atoms with Gasteiger partial charge >= 0.3 is 0 Å². The largest absolute Gasteiger partial charge is 0.369 e. The summed E-state index contributed by atoms with van der Waals surface area (Å²) in [5.41, 5.74) is 4.28. The minimum Gasteiger partial charge on any atom is -0.369 e. The van der Waals surface area contributed by atoms with E-state index in [9.17, 15) is 4.79 Å². The smallest absolute Gasteiger partial charge is 0.254 e. The molecule has 0 saturated heterocycles. The molecule has 1 N–H and O–H groups in total. The lowest BCUT2D eigenvalue weighted by Crippen LogP contribution is -2.36. The van der Waals surface area contributed by atoms with E-state index in [-0.39, 0.29) is 5.91 Å². The Hall–Kier alpha value is -3.03. The monoisotopic (exact) mass is 337 g/mol. The Morgan fingerprint density at radius 1 is 1.24 bits per heavy atom. The average Bonchev–Trinajstić information content (AvgIpc) is 3.01. The molecule has 2 aromatic heterocycles. The van der Waals surface area contributed by atoms with Crippen molar-refractivity contribution >= 4 is 22.8 Å². The lowest BCUT2D eigenvalue weighted by Gasteiger charge is -2.28. The fraction of sp³-hybridized carbons (Fsp3) is 0.353. The van der Waals surface area contributed by atoms with Crippen molar-refractivity contribution in [3.63, 3.8) is 0 Å². The highest BCUT2D eigenvalue weighted by Gasteiger charge is 2.23. The number of amides is 1. The van der Waals surface area contributed by atoms with Crippen molar-refractivity contribution in [3.05, 3.63) is 41.1 Å². The minimum atomic E-state index is 0.0000148. The number of rotatable bonds is 3. The minimum absolute atomic E-state index is 0.0000148. The molecule has 8 heteroatoms. The van der Waals surface area contributed by atoms with Crippen LogP contribution in [-0.4, -0.2) is 49.1 Å². The van der Waals surface area contributed by atoms with E-state index < -0.39 is 0 Å². The van der Waals surface area contributed by atoms with Crippen molar-refractivity contribution in [2.75, 3.05) is 18.4 Å². The first-order valence-corrected chi connectivity index (χ1v) is 8.33. The van der Waals surface area contributed by atoms with Gasteiger partial charge in [0.05, 0.1) is 11.2 Å².